The maximum Gasteiger partial charge on any atom is 0.573 e. The van der Waals surface area contributed by atoms with Gasteiger partial charge in [0.15, 0.2) is 0 Å². The lowest BCUT2D eigenvalue weighted by atomic mass is 10.00. The maximum atomic E-state index is 12.2. The van der Waals surface area contributed by atoms with Crippen LogP contribution in [0.3, 0.4) is 0 Å². The fourth-order valence-corrected chi connectivity index (χ4v) is 2.41. The summed E-state index contributed by atoms with van der Waals surface area (Å²) in [7, 11) is 1.65. The SMILES string of the molecule is COC(C)(C)CC(C)Nc1ccc(OC(F)(F)F)c(Br)c1. The number of anilines is 1. The molecule has 0 aliphatic carbocycles. The van der Waals surface area contributed by atoms with Crippen LogP contribution in [0.4, 0.5) is 18.9 Å². The van der Waals surface area contributed by atoms with Gasteiger partial charge in [0.2, 0.25) is 0 Å². The van der Waals surface area contributed by atoms with Crippen LogP contribution < -0.4 is 10.1 Å². The average Bonchev–Trinajstić information content (AvgIpc) is 2.30. The van der Waals surface area contributed by atoms with Crippen LogP contribution in [0.25, 0.3) is 0 Å². The summed E-state index contributed by atoms with van der Waals surface area (Å²) in [6.07, 6.45) is -3.95. The van der Waals surface area contributed by atoms with Crippen molar-refractivity contribution in [1.29, 1.82) is 0 Å². The Labute approximate surface area is 130 Å². The topological polar surface area (TPSA) is 30.5 Å². The molecule has 21 heavy (non-hydrogen) atoms. The molecule has 1 unspecified atom stereocenters. The van der Waals surface area contributed by atoms with E-state index in [1.165, 1.54) is 6.07 Å². The summed E-state index contributed by atoms with van der Waals surface area (Å²) < 4.78 is 46.0. The molecule has 1 atom stereocenters. The molecule has 0 aliphatic rings. The van der Waals surface area contributed by atoms with Gasteiger partial charge in [0.25, 0.3) is 0 Å². The second kappa shape index (κ2) is 6.87. The number of rotatable bonds is 6. The zero-order valence-electron chi connectivity index (χ0n) is 12.3. The summed E-state index contributed by atoms with van der Waals surface area (Å²) in [6, 6.07) is 4.47. The van der Waals surface area contributed by atoms with E-state index in [0.717, 1.165) is 6.42 Å². The molecule has 1 aromatic rings. The minimum absolute atomic E-state index is 0.0984. The molecule has 0 heterocycles. The van der Waals surface area contributed by atoms with Crippen LogP contribution in [0.15, 0.2) is 22.7 Å². The minimum atomic E-state index is -4.70. The summed E-state index contributed by atoms with van der Waals surface area (Å²) in [6.45, 7) is 5.93. The van der Waals surface area contributed by atoms with Crippen molar-refractivity contribution in [3.05, 3.63) is 22.7 Å². The van der Waals surface area contributed by atoms with Gasteiger partial charge in [0.1, 0.15) is 5.75 Å². The third kappa shape index (κ3) is 6.56. The van der Waals surface area contributed by atoms with E-state index in [1.807, 2.05) is 20.8 Å². The molecular weight excluding hydrogens is 351 g/mol. The monoisotopic (exact) mass is 369 g/mol. The zero-order valence-corrected chi connectivity index (χ0v) is 13.9. The molecule has 0 aromatic heterocycles. The molecule has 0 spiro atoms. The van der Waals surface area contributed by atoms with Crippen molar-refractivity contribution in [3.63, 3.8) is 0 Å². The van der Waals surface area contributed by atoms with Gasteiger partial charge in [-0.15, -0.1) is 13.2 Å². The molecule has 0 saturated carbocycles. The maximum absolute atomic E-state index is 12.2. The second-order valence-corrected chi connectivity index (χ2v) is 6.26. The van der Waals surface area contributed by atoms with E-state index in [1.54, 1.807) is 19.2 Å². The Morgan fingerprint density at radius 2 is 1.90 bits per heavy atom. The van der Waals surface area contributed by atoms with Crippen molar-refractivity contribution >= 4 is 21.6 Å². The van der Waals surface area contributed by atoms with Gasteiger partial charge >= 0.3 is 6.36 Å². The van der Waals surface area contributed by atoms with Crippen molar-refractivity contribution in [3.8, 4) is 5.75 Å². The van der Waals surface area contributed by atoms with Crippen molar-refractivity contribution in [2.45, 2.75) is 45.2 Å². The molecule has 1 aromatic carbocycles. The molecule has 0 radical (unpaired) electrons. The summed E-state index contributed by atoms with van der Waals surface area (Å²) in [4.78, 5) is 0. The van der Waals surface area contributed by atoms with Crippen LogP contribution in [-0.4, -0.2) is 25.1 Å². The van der Waals surface area contributed by atoms with Gasteiger partial charge in [-0.3, -0.25) is 0 Å². The van der Waals surface area contributed by atoms with Gasteiger partial charge in [0.05, 0.1) is 10.1 Å². The third-order valence-corrected chi connectivity index (χ3v) is 3.54. The molecule has 7 heteroatoms. The van der Waals surface area contributed by atoms with Gasteiger partial charge in [-0.25, -0.2) is 0 Å². The van der Waals surface area contributed by atoms with Crippen LogP contribution in [0.2, 0.25) is 0 Å². The van der Waals surface area contributed by atoms with Gasteiger partial charge in [-0.2, -0.15) is 0 Å². The quantitative estimate of drug-likeness (QED) is 0.768. The fraction of sp³-hybridized carbons (Fsp3) is 0.571. The second-order valence-electron chi connectivity index (χ2n) is 5.41. The highest BCUT2D eigenvalue weighted by molar-refractivity contribution is 9.10. The van der Waals surface area contributed by atoms with Gasteiger partial charge in [-0.1, -0.05) is 0 Å². The molecule has 1 N–H and O–H groups in total. The third-order valence-electron chi connectivity index (χ3n) is 2.92. The first-order chi connectivity index (χ1) is 9.52. The van der Waals surface area contributed by atoms with Crippen LogP contribution in [-0.2, 0) is 4.74 Å². The first-order valence-electron chi connectivity index (χ1n) is 6.39. The Bertz CT molecular complexity index is 478. The lowest BCUT2D eigenvalue weighted by Crippen LogP contribution is -2.31. The van der Waals surface area contributed by atoms with E-state index in [0.29, 0.717) is 5.69 Å². The fourth-order valence-electron chi connectivity index (χ4n) is 1.95. The number of alkyl halides is 3. The van der Waals surface area contributed by atoms with Crippen LogP contribution in [0, 0.1) is 0 Å². The van der Waals surface area contributed by atoms with Gasteiger partial charge in [0, 0.05) is 18.8 Å². The number of benzene rings is 1. The highest BCUT2D eigenvalue weighted by Crippen LogP contribution is 2.33. The van der Waals surface area contributed by atoms with Crippen LogP contribution in [0.5, 0.6) is 5.75 Å². The van der Waals surface area contributed by atoms with E-state index in [-0.39, 0.29) is 21.9 Å². The normalized spacial score (nSPS) is 13.9. The van der Waals surface area contributed by atoms with Crippen molar-refractivity contribution in [2.75, 3.05) is 12.4 Å². The van der Waals surface area contributed by atoms with Crippen LogP contribution in [0.1, 0.15) is 27.2 Å². The minimum Gasteiger partial charge on any atom is -0.405 e. The molecule has 0 amide bonds. The van der Waals surface area contributed by atoms with Crippen LogP contribution >= 0.6 is 15.9 Å². The average molecular weight is 370 g/mol. The predicted molar refractivity (Wildman–Crippen MR) is 79.6 cm³/mol. The first kappa shape index (κ1) is 18.1. The van der Waals surface area contributed by atoms with E-state index in [4.69, 9.17) is 4.74 Å². The van der Waals surface area contributed by atoms with E-state index in [9.17, 15) is 13.2 Å². The number of hydrogen-bond donors (Lipinski definition) is 1. The highest BCUT2D eigenvalue weighted by atomic mass is 79.9. The molecule has 1 rings (SSSR count). The lowest BCUT2D eigenvalue weighted by Gasteiger charge is -2.27. The largest absolute Gasteiger partial charge is 0.573 e. The predicted octanol–water partition coefficient (Wildman–Crippen LogP) is 4.96. The standard InChI is InChI=1S/C14H19BrF3NO2/c1-9(8-13(2,3)20-4)19-10-5-6-12(11(15)7-10)21-14(16,17)18/h5-7,9,19H,8H2,1-4H3. The Balaban J connectivity index is 2.72. The molecule has 0 bridgehead atoms. The number of hydrogen-bond acceptors (Lipinski definition) is 3. The molecule has 0 aliphatic heterocycles. The van der Waals surface area contributed by atoms with Gasteiger partial charge < -0.3 is 14.8 Å². The Kier molecular flexibility index (Phi) is 5.92. The number of methoxy groups -OCH3 is 1. The Morgan fingerprint density at radius 3 is 2.38 bits per heavy atom. The number of ether oxygens (including phenoxy) is 2. The Hall–Kier alpha value is -0.950. The first-order valence-corrected chi connectivity index (χ1v) is 7.19. The smallest absolute Gasteiger partial charge is 0.405 e. The lowest BCUT2D eigenvalue weighted by molar-refractivity contribution is -0.274. The summed E-state index contributed by atoms with van der Waals surface area (Å²) in [5.41, 5.74) is 0.430. The van der Waals surface area contributed by atoms with E-state index in [2.05, 4.69) is 26.0 Å². The molecule has 120 valence electrons. The van der Waals surface area contributed by atoms with Crippen molar-refractivity contribution in [2.24, 2.45) is 0 Å². The molecule has 0 fully saturated rings. The summed E-state index contributed by atoms with van der Waals surface area (Å²) >= 11 is 3.08. The van der Waals surface area contributed by atoms with E-state index >= 15 is 0 Å². The van der Waals surface area contributed by atoms with E-state index < -0.39 is 6.36 Å². The van der Waals surface area contributed by atoms with Crippen molar-refractivity contribution < 1.29 is 22.6 Å². The van der Waals surface area contributed by atoms with Gasteiger partial charge in [-0.05, 0) is 61.3 Å². The highest BCUT2D eigenvalue weighted by Gasteiger charge is 2.32. The summed E-state index contributed by atoms with van der Waals surface area (Å²) in [5, 5.41) is 3.22. The molecule has 3 nitrogen and oxygen atoms in total. The zero-order chi connectivity index (χ0) is 16.3. The number of nitrogens with one attached hydrogen (secondary N) is 1. The Morgan fingerprint density at radius 1 is 1.29 bits per heavy atom. The molecular formula is C14H19BrF3NO2. The van der Waals surface area contributed by atoms with Crippen molar-refractivity contribution in [1.82, 2.24) is 0 Å². The number of halogens is 4. The summed E-state index contributed by atoms with van der Waals surface area (Å²) in [5.74, 6) is -0.266. The molecule has 0 saturated heterocycles.